The van der Waals surface area contributed by atoms with Crippen LogP contribution in [0.4, 0.5) is 0 Å². The summed E-state index contributed by atoms with van der Waals surface area (Å²) in [5.74, 6) is 0.902. The smallest absolute Gasteiger partial charge is 0.0501 e. The number of unbranched alkanes of at least 4 members (excludes halogenated alkanes) is 1. The molecule has 0 aromatic heterocycles. The fourth-order valence-electron chi connectivity index (χ4n) is 2.18. The summed E-state index contributed by atoms with van der Waals surface area (Å²) in [5, 5.41) is 3.74. The highest BCUT2D eigenvalue weighted by atomic mass is 32.2. The van der Waals surface area contributed by atoms with Gasteiger partial charge >= 0.3 is 0 Å². The number of rotatable bonds is 5. The van der Waals surface area contributed by atoms with Gasteiger partial charge < -0.3 is 5.32 Å². The molecule has 0 amide bonds. The molecule has 3 unspecified atom stereocenters. The molecule has 0 spiro atoms. The Balaban J connectivity index is 2.41. The van der Waals surface area contributed by atoms with Crippen molar-refractivity contribution in [3.05, 3.63) is 0 Å². The average Bonchev–Trinajstić information content (AvgIpc) is 2.25. The van der Waals surface area contributed by atoms with Gasteiger partial charge in [0.25, 0.3) is 0 Å². The van der Waals surface area contributed by atoms with Crippen LogP contribution in [0, 0.1) is 0 Å². The highest BCUT2D eigenvalue weighted by Crippen LogP contribution is 2.23. The summed E-state index contributed by atoms with van der Waals surface area (Å²) in [7, 11) is 1.40. The molecule has 0 heterocycles. The van der Waals surface area contributed by atoms with Crippen LogP contribution in [0.1, 0.15) is 45.4 Å². The molecule has 3 heteroatoms. The zero-order chi connectivity index (χ0) is 10.4. The van der Waals surface area contributed by atoms with Crippen molar-refractivity contribution in [2.45, 2.75) is 56.7 Å². The maximum absolute atomic E-state index is 12.0. The molecule has 2 nitrogen and oxygen atoms in total. The molecule has 1 N–H and O–H groups in total. The van der Waals surface area contributed by atoms with Gasteiger partial charge in [-0.2, -0.15) is 0 Å². The van der Waals surface area contributed by atoms with E-state index < -0.39 is 10.8 Å². The Labute approximate surface area is 90.3 Å². The van der Waals surface area contributed by atoms with Crippen molar-refractivity contribution in [2.24, 2.45) is 0 Å². The fourth-order valence-corrected chi connectivity index (χ4v) is 4.12. The lowest BCUT2D eigenvalue weighted by Gasteiger charge is -2.30. The molecule has 0 aromatic carbocycles. The Kier molecular flexibility index (Phi) is 5.71. The second kappa shape index (κ2) is 6.57. The number of hydrogen-bond acceptors (Lipinski definition) is 2. The van der Waals surface area contributed by atoms with E-state index in [-0.39, 0.29) is 0 Å². The third-order valence-corrected chi connectivity index (χ3v) is 5.04. The highest BCUT2D eigenvalue weighted by Gasteiger charge is 2.27. The molecule has 0 radical (unpaired) electrons. The maximum atomic E-state index is 12.0. The van der Waals surface area contributed by atoms with Crippen LogP contribution in [-0.2, 0) is 10.8 Å². The third kappa shape index (κ3) is 3.35. The van der Waals surface area contributed by atoms with Crippen molar-refractivity contribution >= 4 is 10.8 Å². The summed E-state index contributed by atoms with van der Waals surface area (Å²) in [5.41, 5.74) is 0. The van der Waals surface area contributed by atoms with Crippen molar-refractivity contribution in [1.29, 1.82) is 0 Å². The Hall–Kier alpha value is 0.110. The molecule has 1 rings (SSSR count). The minimum absolute atomic E-state index is 0.417. The van der Waals surface area contributed by atoms with E-state index in [0.29, 0.717) is 11.3 Å². The van der Waals surface area contributed by atoms with Crippen LogP contribution in [-0.4, -0.2) is 28.3 Å². The van der Waals surface area contributed by atoms with Crippen LogP contribution >= 0.6 is 0 Å². The molecule has 1 aliphatic carbocycles. The molecule has 0 aliphatic heterocycles. The topological polar surface area (TPSA) is 29.1 Å². The highest BCUT2D eigenvalue weighted by molar-refractivity contribution is 7.85. The van der Waals surface area contributed by atoms with Gasteiger partial charge in [-0.1, -0.05) is 26.2 Å². The molecule has 84 valence electrons. The van der Waals surface area contributed by atoms with Gasteiger partial charge in [-0.25, -0.2) is 0 Å². The lowest BCUT2D eigenvalue weighted by Crippen LogP contribution is -2.43. The molecule has 1 aliphatic rings. The van der Waals surface area contributed by atoms with Gasteiger partial charge in [0.2, 0.25) is 0 Å². The van der Waals surface area contributed by atoms with Crippen LogP contribution in [0.2, 0.25) is 0 Å². The average molecular weight is 217 g/mol. The summed E-state index contributed by atoms with van der Waals surface area (Å²) < 4.78 is 12.0. The molecular formula is C11H23NOS. The molecule has 14 heavy (non-hydrogen) atoms. The van der Waals surface area contributed by atoms with Crippen LogP contribution < -0.4 is 5.32 Å². The van der Waals surface area contributed by atoms with Crippen LogP contribution in [0.25, 0.3) is 0 Å². The van der Waals surface area contributed by atoms with Crippen LogP contribution in [0.5, 0.6) is 0 Å². The Morgan fingerprint density at radius 1 is 1.36 bits per heavy atom. The zero-order valence-corrected chi connectivity index (χ0v) is 10.2. The summed E-state index contributed by atoms with van der Waals surface area (Å²) >= 11 is 0. The van der Waals surface area contributed by atoms with E-state index in [1.54, 1.807) is 0 Å². The van der Waals surface area contributed by atoms with E-state index in [1.807, 2.05) is 7.05 Å². The largest absolute Gasteiger partial charge is 0.316 e. The molecule has 1 fully saturated rings. The van der Waals surface area contributed by atoms with E-state index >= 15 is 0 Å². The Morgan fingerprint density at radius 3 is 2.71 bits per heavy atom. The van der Waals surface area contributed by atoms with Crippen molar-refractivity contribution in [3.63, 3.8) is 0 Å². The lowest BCUT2D eigenvalue weighted by molar-refractivity contribution is 0.399. The lowest BCUT2D eigenvalue weighted by atomic mass is 9.95. The second-order valence-corrected chi connectivity index (χ2v) is 5.93. The normalized spacial score (nSPS) is 30.1. The van der Waals surface area contributed by atoms with Gasteiger partial charge in [0.15, 0.2) is 0 Å². The first-order valence-corrected chi connectivity index (χ1v) is 7.22. The van der Waals surface area contributed by atoms with E-state index in [9.17, 15) is 4.21 Å². The van der Waals surface area contributed by atoms with Gasteiger partial charge in [0.05, 0.1) is 5.25 Å². The summed E-state index contributed by atoms with van der Waals surface area (Å²) in [4.78, 5) is 0. The zero-order valence-electron chi connectivity index (χ0n) is 9.42. The Morgan fingerprint density at radius 2 is 2.07 bits per heavy atom. The predicted octanol–water partition coefficient (Wildman–Crippen LogP) is 2.07. The third-order valence-electron chi connectivity index (χ3n) is 3.11. The van der Waals surface area contributed by atoms with Crippen molar-refractivity contribution < 1.29 is 4.21 Å². The predicted molar refractivity (Wildman–Crippen MR) is 63.0 cm³/mol. The molecule has 0 bridgehead atoms. The van der Waals surface area contributed by atoms with Crippen LogP contribution in [0.3, 0.4) is 0 Å². The standard InChI is InChI=1S/C11H23NOS/c1-3-4-9-14(13)11-8-6-5-7-10(11)12-2/h10-12H,3-9H2,1-2H3. The first-order valence-electron chi connectivity index (χ1n) is 5.84. The van der Waals surface area contributed by atoms with Gasteiger partial charge in [0.1, 0.15) is 0 Å². The molecular weight excluding hydrogens is 194 g/mol. The van der Waals surface area contributed by atoms with Crippen LogP contribution in [0.15, 0.2) is 0 Å². The van der Waals surface area contributed by atoms with Crippen molar-refractivity contribution in [1.82, 2.24) is 5.32 Å². The summed E-state index contributed by atoms with van der Waals surface area (Å²) in [6.07, 6.45) is 7.19. The number of nitrogens with one attached hydrogen (secondary N) is 1. The van der Waals surface area contributed by atoms with E-state index in [4.69, 9.17) is 0 Å². The molecule has 3 atom stereocenters. The minimum atomic E-state index is -0.599. The van der Waals surface area contributed by atoms with Gasteiger partial charge in [0, 0.05) is 22.6 Å². The van der Waals surface area contributed by atoms with Crippen molar-refractivity contribution in [2.75, 3.05) is 12.8 Å². The first-order chi connectivity index (χ1) is 6.79. The minimum Gasteiger partial charge on any atom is -0.316 e. The molecule has 0 saturated heterocycles. The molecule has 1 saturated carbocycles. The monoisotopic (exact) mass is 217 g/mol. The fraction of sp³-hybridized carbons (Fsp3) is 1.00. The SMILES string of the molecule is CCCCS(=O)C1CCCCC1NC. The summed E-state index contributed by atoms with van der Waals surface area (Å²) in [6, 6.07) is 0.501. The quantitative estimate of drug-likeness (QED) is 0.764. The number of hydrogen-bond donors (Lipinski definition) is 1. The van der Waals surface area contributed by atoms with Gasteiger partial charge in [-0.15, -0.1) is 0 Å². The van der Waals surface area contributed by atoms with E-state index in [1.165, 1.54) is 19.3 Å². The second-order valence-electron chi connectivity index (χ2n) is 4.16. The maximum Gasteiger partial charge on any atom is 0.0501 e. The Bertz CT molecular complexity index is 184. The van der Waals surface area contributed by atoms with E-state index in [0.717, 1.165) is 25.0 Å². The van der Waals surface area contributed by atoms with Gasteiger partial charge in [-0.05, 0) is 26.3 Å². The summed E-state index contributed by atoms with van der Waals surface area (Å²) in [6.45, 7) is 2.16. The van der Waals surface area contributed by atoms with Crippen molar-refractivity contribution in [3.8, 4) is 0 Å². The van der Waals surface area contributed by atoms with Gasteiger partial charge in [-0.3, -0.25) is 4.21 Å². The van der Waals surface area contributed by atoms with E-state index in [2.05, 4.69) is 12.2 Å². The first kappa shape index (κ1) is 12.2. The molecule has 0 aromatic rings.